The van der Waals surface area contributed by atoms with Gasteiger partial charge in [0.2, 0.25) is 0 Å². The molecule has 0 aliphatic carbocycles. The molecular formula is C9H8FN3O. The summed E-state index contributed by atoms with van der Waals surface area (Å²) in [4.78, 5) is 0. The first-order valence-corrected chi connectivity index (χ1v) is 4.02. The Bertz CT molecular complexity index is 467. The van der Waals surface area contributed by atoms with Gasteiger partial charge < -0.3 is 5.11 Å². The van der Waals surface area contributed by atoms with Crippen LogP contribution in [0.2, 0.25) is 0 Å². The smallest absolute Gasteiger partial charge is 0.136 e. The minimum atomic E-state index is -0.509. The van der Waals surface area contributed by atoms with E-state index in [0.717, 1.165) is 6.07 Å². The quantitative estimate of drug-likeness (QED) is 0.743. The number of nitrogens with zero attached hydrogens (tertiary/aromatic N) is 3. The van der Waals surface area contributed by atoms with Crippen molar-refractivity contribution in [2.45, 2.75) is 0 Å². The number of aryl methyl sites for hydroxylation is 1. The molecule has 2 aromatic rings. The van der Waals surface area contributed by atoms with E-state index in [1.807, 2.05) is 0 Å². The van der Waals surface area contributed by atoms with Gasteiger partial charge in [0.25, 0.3) is 0 Å². The third kappa shape index (κ3) is 1.44. The van der Waals surface area contributed by atoms with Gasteiger partial charge in [0.1, 0.15) is 17.3 Å². The van der Waals surface area contributed by atoms with Gasteiger partial charge in [0.05, 0.1) is 6.20 Å². The number of hydrogen-bond acceptors (Lipinski definition) is 3. The van der Waals surface area contributed by atoms with E-state index in [2.05, 4.69) is 10.3 Å². The van der Waals surface area contributed by atoms with Crippen molar-refractivity contribution in [1.29, 1.82) is 0 Å². The summed E-state index contributed by atoms with van der Waals surface area (Å²) in [6.45, 7) is 0. The van der Waals surface area contributed by atoms with Gasteiger partial charge >= 0.3 is 0 Å². The van der Waals surface area contributed by atoms with E-state index >= 15 is 0 Å². The van der Waals surface area contributed by atoms with Crippen LogP contribution < -0.4 is 0 Å². The summed E-state index contributed by atoms with van der Waals surface area (Å²) in [7, 11) is 1.70. The van der Waals surface area contributed by atoms with Crippen molar-refractivity contribution in [2.24, 2.45) is 7.05 Å². The number of phenolic OH excluding ortho intramolecular Hbond substituents is 1. The lowest BCUT2D eigenvalue weighted by Crippen LogP contribution is -1.85. The second-order valence-corrected chi connectivity index (χ2v) is 2.94. The number of aromatic hydroxyl groups is 1. The minimum absolute atomic E-state index is 0.102. The number of hydrogen-bond donors (Lipinski definition) is 1. The van der Waals surface area contributed by atoms with Gasteiger partial charge in [-0.25, -0.2) is 4.39 Å². The lowest BCUT2D eigenvalue weighted by molar-refractivity contribution is 0.469. The second-order valence-electron chi connectivity index (χ2n) is 2.94. The highest BCUT2D eigenvalue weighted by atomic mass is 19.1. The zero-order valence-corrected chi connectivity index (χ0v) is 7.48. The first kappa shape index (κ1) is 8.68. The maximum atomic E-state index is 13.3. The number of halogens is 1. The first-order chi connectivity index (χ1) is 6.66. The molecule has 1 heterocycles. The summed E-state index contributed by atoms with van der Waals surface area (Å²) in [5.74, 6) is -0.611. The molecule has 0 aliphatic rings. The maximum absolute atomic E-state index is 13.3. The molecule has 0 fully saturated rings. The van der Waals surface area contributed by atoms with Crippen LogP contribution in [0, 0.1) is 5.82 Å². The van der Waals surface area contributed by atoms with Crippen molar-refractivity contribution in [1.82, 2.24) is 15.0 Å². The van der Waals surface area contributed by atoms with Gasteiger partial charge in [-0.15, -0.1) is 5.10 Å². The molecule has 5 heteroatoms. The molecule has 4 nitrogen and oxygen atoms in total. The van der Waals surface area contributed by atoms with Crippen LogP contribution in [0.15, 0.2) is 24.4 Å². The Morgan fingerprint density at radius 2 is 2.21 bits per heavy atom. The third-order valence-electron chi connectivity index (χ3n) is 1.83. The molecular weight excluding hydrogens is 185 g/mol. The van der Waals surface area contributed by atoms with E-state index in [0.29, 0.717) is 11.3 Å². The average Bonchev–Trinajstić information content (AvgIpc) is 2.51. The SMILES string of the molecule is Cn1cc(-c2ccc(O)cc2F)nn1. The Labute approximate surface area is 79.6 Å². The van der Waals surface area contributed by atoms with Crippen LogP contribution in [0.5, 0.6) is 5.75 Å². The molecule has 2 rings (SSSR count). The van der Waals surface area contributed by atoms with E-state index in [4.69, 9.17) is 5.11 Å². The Morgan fingerprint density at radius 3 is 2.79 bits per heavy atom. The van der Waals surface area contributed by atoms with E-state index in [1.54, 1.807) is 13.2 Å². The topological polar surface area (TPSA) is 50.9 Å². The van der Waals surface area contributed by atoms with Crippen LogP contribution in [0.4, 0.5) is 4.39 Å². The molecule has 0 aliphatic heterocycles. The molecule has 0 bridgehead atoms. The summed E-state index contributed by atoms with van der Waals surface area (Å²) in [6, 6.07) is 3.92. The van der Waals surface area contributed by atoms with Crippen LogP contribution in [0.3, 0.4) is 0 Å². The van der Waals surface area contributed by atoms with E-state index in [1.165, 1.54) is 16.8 Å². The van der Waals surface area contributed by atoms with E-state index in [9.17, 15) is 4.39 Å². The third-order valence-corrected chi connectivity index (χ3v) is 1.83. The highest BCUT2D eigenvalue weighted by Gasteiger charge is 2.08. The Balaban J connectivity index is 2.52. The molecule has 0 spiro atoms. The van der Waals surface area contributed by atoms with Crippen molar-refractivity contribution < 1.29 is 9.50 Å². The highest BCUT2D eigenvalue weighted by molar-refractivity contribution is 5.59. The van der Waals surface area contributed by atoms with Gasteiger partial charge in [0.15, 0.2) is 0 Å². The molecule has 0 atom stereocenters. The zero-order valence-electron chi connectivity index (χ0n) is 7.48. The van der Waals surface area contributed by atoms with Crippen molar-refractivity contribution in [3.8, 4) is 17.0 Å². The Hall–Kier alpha value is -1.91. The number of benzene rings is 1. The molecule has 1 N–H and O–H groups in total. The average molecular weight is 193 g/mol. The molecule has 0 saturated carbocycles. The van der Waals surface area contributed by atoms with Gasteiger partial charge in [-0.3, -0.25) is 4.68 Å². The highest BCUT2D eigenvalue weighted by Crippen LogP contribution is 2.23. The molecule has 72 valence electrons. The molecule has 0 amide bonds. The number of aromatic nitrogens is 3. The van der Waals surface area contributed by atoms with Crippen molar-refractivity contribution >= 4 is 0 Å². The van der Waals surface area contributed by atoms with Crippen molar-refractivity contribution in [3.63, 3.8) is 0 Å². The lowest BCUT2D eigenvalue weighted by atomic mass is 10.1. The fraction of sp³-hybridized carbons (Fsp3) is 0.111. The standard InChI is InChI=1S/C9H8FN3O/c1-13-5-9(11-12-13)7-3-2-6(14)4-8(7)10/h2-5,14H,1H3. The largest absolute Gasteiger partial charge is 0.508 e. The van der Waals surface area contributed by atoms with Crippen LogP contribution >= 0.6 is 0 Å². The summed E-state index contributed by atoms with van der Waals surface area (Å²) < 4.78 is 14.8. The molecule has 14 heavy (non-hydrogen) atoms. The van der Waals surface area contributed by atoms with Gasteiger partial charge in [-0.2, -0.15) is 0 Å². The predicted octanol–water partition coefficient (Wildman–Crippen LogP) is 1.33. The predicted molar refractivity (Wildman–Crippen MR) is 48.1 cm³/mol. The Kier molecular flexibility index (Phi) is 1.92. The van der Waals surface area contributed by atoms with Crippen LogP contribution in [-0.4, -0.2) is 20.1 Å². The molecule has 1 aromatic heterocycles. The molecule has 0 saturated heterocycles. The maximum Gasteiger partial charge on any atom is 0.136 e. The number of rotatable bonds is 1. The van der Waals surface area contributed by atoms with Gasteiger partial charge in [-0.1, -0.05) is 5.21 Å². The molecule has 0 unspecified atom stereocenters. The fourth-order valence-electron chi connectivity index (χ4n) is 1.18. The van der Waals surface area contributed by atoms with E-state index in [-0.39, 0.29) is 5.75 Å². The second kappa shape index (κ2) is 3.10. The lowest BCUT2D eigenvalue weighted by Gasteiger charge is -1.98. The summed E-state index contributed by atoms with van der Waals surface area (Å²) in [5, 5.41) is 16.5. The minimum Gasteiger partial charge on any atom is -0.508 e. The van der Waals surface area contributed by atoms with Gasteiger partial charge in [0, 0.05) is 18.7 Å². The zero-order chi connectivity index (χ0) is 10.1. The summed E-state index contributed by atoms with van der Waals surface area (Å²) in [6.07, 6.45) is 1.61. The first-order valence-electron chi connectivity index (χ1n) is 4.02. The van der Waals surface area contributed by atoms with Crippen molar-refractivity contribution in [2.75, 3.05) is 0 Å². The monoisotopic (exact) mass is 193 g/mol. The molecule has 1 aromatic carbocycles. The number of phenols is 1. The van der Waals surface area contributed by atoms with E-state index < -0.39 is 5.82 Å². The summed E-state index contributed by atoms with van der Waals surface area (Å²) in [5.41, 5.74) is 0.779. The molecule has 0 radical (unpaired) electrons. The van der Waals surface area contributed by atoms with Crippen LogP contribution in [0.25, 0.3) is 11.3 Å². The van der Waals surface area contributed by atoms with Crippen LogP contribution in [-0.2, 0) is 7.05 Å². The van der Waals surface area contributed by atoms with Crippen molar-refractivity contribution in [3.05, 3.63) is 30.2 Å². The van der Waals surface area contributed by atoms with Crippen LogP contribution in [0.1, 0.15) is 0 Å². The van der Waals surface area contributed by atoms with Gasteiger partial charge in [-0.05, 0) is 12.1 Å². The normalized spacial score (nSPS) is 10.4. The Morgan fingerprint density at radius 1 is 1.43 bits per heavy atom. The summed E-state index contributed by atoms with van der Waals surface area (Å²) >= 11 is 0. The fourth-order valence-corrected chi connectivity index (χ4v) is 1.18.